The number of carbonyl (C=O) groups is 2. The number of nitrogens with one attached hydrogen (secondary N) is 1. The molecule has 126 valence electrons. The van der Waals surface area contributed by atoms with E-state index in [9.17, 15) is 9.59 Å². The van der Waals surface area contributed by atoms with Gasteiger partial charge in [0.15, 0.2) is 0 Å². The van der Waals surface area contributed by atoms with Crippen LogP contribution in [0.15, 0.2) is 40.1 Å². The maximum Gasteiger partial charge on any atom is 0.251 e. The molecule has 4 nitrogen and oxygen atoms in total. The third kappa shape index (κ3) is 2.90. The van der Waals surface area contributed by atoms with E-state index >= 15 is 0 Å². The Labute approximate surface area is 142 Å². The first kappa shape index (κ1) is 15.6. The van der Waals surface area contributed by atoms with Crippen molar-refractivity contribution in [2.45, 2.75) is 57.8 Å². The van der Waals surface area contributed by atoms with Gasteiger partial charge in [-0.25, -0.2) is 4.99 Å². The highest BCUT2D eigenvalue weighted by atomic mass is 16.2. The molecule has 1 aliphatic heterocycles. The molecule has 4 heteroatoms. The number of hydrogen-bond donors (Lipinski definition) is 1. The molecule has 0 spiro atoms. The molecule has 0 aromatic rings. The van der Waals surface area contributed by atoms with Crippen LogP contribution in [0.2, 0.25) is 0 Å². The predicted octanol–water partition coefficient (Wildman–Crippen LogP) is 3.60. The largest absolute Gasteiger partial charge is 0.325 e. The van der Waals surface area contributed by atoms with Crippen molar-refractivity contribution < 1.29 is 9.59 Å². The van der Waals surface area contributed by atoms with Gasteiger partial charge in [-0.05, 0) is 56.3 Å². The topological polar surface area (TPSA) is 58.5 Å². The molecule has 4 rings (SSSR count). The van der Waals surface area contributed by atoms with Gasteiger partial charge >= 0.3 is 0 Å². The Hall–Kier alpha value is -1.97. The fraction of sp³-hybridized carbons (Fsp3) is 0.550. The third-order valence-corrected chi connectivity index (χ3v) is 5.71. The molecule has 1 atom stereocenters. The Bertz CT molecular complexity index is 690. The number of allylic oxidation sites excluding steroid dienone is 3. The number of carbonyl (C=O) groups excluding carboxylic acids is 2. The Balaban J connectivity index is 1.56. The smallest absolute Gasteiger partial charge is 0.251 e. The minimum absolute atomic E-state index is 0.00403. The maximum absolute atomic E-state index is 12.4. The summed E-state index contributed by atoms with van der Waals surface area (Å²) in [7, 11) is 0. The maximum atomic E-state index is 12.4. The molecule has 0 aromatic heterocycles. The molecule has 1 fully saturated rings. The van der Waals surface area contributed by atoms with Crippen LogP contribution in [0.4, 0.5) is 0 Å². The normalized spacial score (nSPS) is 29.0. The average Bonchev–Trinajstić information content (AvgIpc) is 2.62. The van der Waals surface area contributed by atoms with Crippen LogP contribution < -0.4 is 5.32 Å². The Morgan fingerprint density at radius 2 is 1.88 bits per heavy atom. The van der Waals surface area contributed by atoms with E-state index < -0.39 is 0 Å². The van der Waals surface area contributed by atoms with E-state index in [0.29, 0.717) is 5.71 Å². The highest BCUT2D eigenvalue weighted by molar-refractivity contribution is 6.11. The molecule has 1 saturated carbocycles. The highest BCUT2D eigenvalue weighted by Crippen LogP contribution is 2.38. The highest BCUT2D eigenvalue weighted by Gasteiger charge is 2.33. The van der Waals surface area contributed by atoms with Crippen molar-refractivity contribution in [1.29, 1.82) is 0 Å². The van der Waals surface area contributed by atoms with E-state index in [1.807, 2.05) is 12.2 Å². The monoisotopic (exact) mass is 324 g/mol. The van der Waals surface area contributed by atoms with Crippen molar-refractivity contribution in [3.63, 3.8) is 0 Å². The summed E-state index contributed by atoms with van der Waals surface area (Å²) in [5.41, 5.74) is 3.81. The van der Waals surface area contributed by atoms with Crippen molar-refractivity contribution in [2.75, 3.05) is 0 Å². The third-order valence-electron chi connectivity index (χ3n) is 5.71. The number of rotatable bonds is 1. The van der Waals surface area contributed by atoms with Gasteiger partial charge in [-0.2, -0.15) is 0 Å². The zero-order valence-corrected chi connectivity index (χ0v) is 14.0. The van der Waals surface area contributed by atoms with Gasteiger partial charge in [0.25, 0.3) is 5.91 Å². The summed E-state index contributed by atoms with van der Waals surface area (Å²) in [5, 5.41) is 3.02. The Kier molecular flexibility index (Phi) is 4.21. The van der Waals surface area contributed by atoms with Crippen LogP contribution in [-0.2, 0) is 9.59 Å². The van der Waals surface area contributed by atoms with Crippen LogP contribution in [0.5, 0.6) is 0 Å². The standard InChI is InChI=1S/C20H24N2O2/c23-19(13-6-2-1-3-7-13)21-14-10-11-16-15-8-4-5-9-17(15)20(24)22-18(16)12-14/h10-13,16H,1-9H2,(H,22,24). The summed E-state index contributed by atoms with van der Waals surface area (Å²) in [5.74, 6) is 0.302. The van der Waals surface area contributed by atoms with E-state index in [4.69, 9.17) is 0 Å². The molecule has 24 heavy (non-hydrogen) atoms. The van der Waals surface area contributed by atoms with E-state index in [0.717, 1.165) is 62.6 Å². The number of aliphatic imine (C=N–C) groups is 1. The van der Waals surface area contributed by atoms with Crippen LogP contribution in [-0.4, -0.2) is 17.5 Å². The van der Waals surface area contributed by atoms with Gasteiger partial charge in [0.1, 0.15) is 0 Å². The lowest BCUT2D eigenvalue weighted by molar-refractivity contribution is -0.122. The molecule has 3 aliphatic carbocycles. The summed E-state index contributed by atoms with van der Waals surface area (Å²) < 4.78 is 0. The van der Waals surface area contributed by atoms with Gasteiger partial charge in [-0.1, -0.05) is 25.3 Å². The Morgan fingerprint density at radius 3 is 2.71 bits per heavy atom. The van der Waals surface area contributed by atoms with Crippen LogP contribution in [0, 0.1) is 11.8 Å². The zero-order chi connectivity index (χ0) is 16.5. The summed E-state index contributed by atoms with van der Waals surface area (Å²) >= 11 is 0. The predicted molar refractivity (Wildman–Crippen MR) is 93.4 cm³/mol. The van der Waals surface area contributed by atoms with Gasteiger partial charge < -0.3 is 5.32 Å². The molecule has 1 heterocycles. The second kappa shape index (κ2) is 6.50. The number of nitrogens with zero attached hydrogens (tertiary/aromatic N) is 1. The van der Waals surface area contributed by atoms with Crippen molar-refractivity contribution in [2.24, 2.45) is 16.8 Å². The summed E-state index contributed by atoms with van der Waals surface area (Å²) in [6.45, 7) is 0. The minimum Gasteiger partial charge on any atom is -0.325 e. The van der Waals surface area contributed by atoms with Crippen molar-refractivity contribution in [1.82, 2.24) is 5.32 Å². The first-order valence-electron chi connectivity index (χ1n) is 9.28. The zero-order valence-electron chi connectivity index (χ0n) is 14.0. The van der Waals surface area contributed by atoms with Crippen LogP contribution in [0.25, 0.3) is 0 Å². The van der Waals surface area contributed by atoms with Gasteiger partial charge in [-0.15, -0.1) is 0 Å². The summed E-state index contributed by atoms with van der Waals surface area (Å²) in [4.78, 5) is 29.0. The van der Waals surface area contributed by atoms with Gasteiger partial charge in [0.05, 0.1) is 5.71 Å². The van der Waals surface area contributed by atoms with E-state index in [1.54, 1.807) is 0 Å². The second-order valence-electron chi connectivity index (χ2n) is 7.31. The molecular weight excluding hydrogens is 300 g/mol. The Morgan fingerprint density at radius 1 is 1.08 bits per heavy atom. The molecule has 0 bridgehead atoms. The average molecular weight is 324 g/mol. The lowest BCUT2D eigenvalue weighted by Gasteiger charge is -2.33. The molecule has 2 amide bonds. The first-order chi connectivity index (χ1) is 11.7. The van der Waals surface area contributed by atoms with E-state index in [1.165, 1.54) is 12.0 Å². The quantitative estimate of drug-likeness (QED) is 0.801. The number of fused-ring (bicyclic) bond motifs is 2. The van der Waals surface area contributed by atoms with E-state index in [2.05, 4.69) is 16.4 Å². The summed E-state index contributed by atoms with van der Waals surface area (Å²) in [6.07, 6.45) is 15.5. The molecule has 1 unspecified atom stereocenters. The van der Waals surface area contributed by atoms with E-state index in [-0.39, 0.29) is 23.7 Å². The number of amides is 2. The van der Waals surface area contributed by atoms with Gasteiger partial charge in [-0.3, -0.25) is 9.59 Å². The van der Waals surface area contributed by atoms with Crippen LogP contribution in [0.3, 0.4) is 0 Å². The molecule has 4 aliphatic rings. The van der Waals surface area contributed by atoms with Crippen LogP contribution >= 0.6 is 0 Å². The van der Waals surface area contributed by atoms with Crippen molar-refractivity contribution in [3.05, 3.63) is 35.1 Å². The SMILES string of the molecule is O=C1NC2=CC(=NC(=O)C3CCCCC3)C=CC2C2=C1CCCC2. The fourth-order valence-corrected chi connectivity index (χ4v) is 4.39. The van der Waals surface area contributed by atoms with Crippen LogP contribution in [0.1, 0.15) is 57.8 Å². The lowest BCUT2D eigenvalue weighted by Crippen LogP contribution is -2.37. The van der Waals surface area contributed by atoms with Crippen molar-refractivity contribution in [3.8, 4) is 0 Å². The molecule has 0 radical (unpaired) electrons. The fourth-order valence-electron chi connectivity index (χ4n) is 4.39. The van der Waals surface area contributed by atoms with Gasteiger partial charge in [0, 0.05) is 23.1 Å². The van der Waals surface area contributed by atoms with Gasteiger partial charge in [0.2, 0.25) is 5.91 Å². The molecule has 0 saturated heterocycles. The molecule has 1 N–H and O–H groups in total. The molecule has 0 aromatic carbocycles. The molecular formula is C20H24N2O2. The summed E-state index contributed by atoms with van der Waals surface area (Å²) in [6, 6.07) is 0. The lowest BCUT2D eigenvalue weighted by atomic mass is 9.77. The number of hydrogen-bond acceptors (Lipinski definition) is 2. The minimum atomic E-state index is 0.00403. The first-order valence-corrected chi connectivity index (χ1v) is 9.28. The second-order valence-corrected chi connectivity index (χ2v) is 7.31. The van der Waals surface area contributed by atoms with Crippen molar-refractivity contribution >= 4 is 17.5 Å².